The molecule has 2 aromatic heterocycles. The Bertz CT molecular complexity index is 1240. The van der Waals surface area contributed by atoms with Gasteiger partial charge in [-0.1, -0.05) is 47.7 Å². The van der Waals surface area contributed by atoms with Crippen LogP contribution in [0.25, 0.3) is 32.4 Å². The summed E-state index contributed by atoms with van der Waals surface area (Å²) in [5.41, 5.74) is 4.57. The van der Waals surface area contributed by atoms with Crippen molar-refractivity contribution in [1.29, 1.82) is 0 Å². The summed E-state index contributed by atoms with van der Waals surface area (Å²) in [5.74, 6) is -0.176. The fourth-order valence-corrected chi connectivity index (χ4v) is 4.07. The number of carbonyl (C=O) groups is 1. The van der Waals surface area contributed by atoms with Crippen LogP contribution in [0.5, 0.6) is 5.75 Å². The molecule has 0 bridgehead atoms. The summed E-state index contributed by atoms with van der Waals surface area (Å²) in [6.45, 7) is 5.51. The van der Waals surface area contributed by atoms with Gasteiger partial charge in [-0.3, -0.25) is 4.98 Å². The molecule has 2 aromatic carbocycles. The molecule has 33 heavy (non-hydrogen) atoms. The second-order valence-electron chi connectivity index (χ2n) is 7.25. The molecular formula is C25H23N3O4S. The van der Waals surface area contributed by atoms with Crippen molar-refractivity contribution in [3.8, 4) is 38.1 Å². The maximum Gasteiger partial charge on any atom is 0.337 e. The molecule has 0 aliphatic rings. The zero-order chi connectivity index (χ0) is 23.2. The van der Waals surface area contributed by atoms with Crippen molar-refractivity contribution in [2.45, 2.75) is 13.8 Å². The quantitative estimate of drug-likeness (QED) is 0.336. The summed E-state index contributed by atoms with van der Waals surface area (Å²) < 4.78 is 10.9. The lowest BCUT2D eigenvalue weighted by Crippen LogP contribution is -2.06. The zero-order valence-corrected chi connectivity index (χ0v) is 19.1. The normalized spacial score (nSPS) is 10.8. The van der Waals surface area contributed by atoms with Crippen LogP contribution in [0.1, 0.15) is 22.8 Å². The van der Waals surface area contributed by atoms with Gasteiger partial charge in [0.2, 0.25) is 0 Å². The van der Waals surface area contributed by atoms with Gasteiger partial charge in [-0.15, -0.1) is 10.2 Å². The molecule has 0 aliphatic heterocycles. The molecule has 0 atom stereocenters. The van der Waals surface area contributed by atoms with Crippen molar-refractivity contribution in [1.82, 2.24) is 15.2 Å². The number of ether oxygens (including phenoxy) is 2. The molecule has 7 nitrogen and oxygen atoms in total. The molecule has 0 fully saturated rings. The van der Waals surface area contributed by atoms with Gasteiger partial charge in [-0.05, 0) is 48.7 Å². The van der Waals surface area contributed by atoms with Crippen molar-refractivity contribution in [2.75, 3.05) is 19.8 Å². The smallest absolute Gasteiger partial charge is 0.337 e. The average molecular weight is 462 g/mol. The zero-order valence-electron chi connectivity index (χ0n) is 18.3. The van der Waals surface area contributed by atoms with Crippen molar-refractivity contribution in [3.63, 3.8) is 0 Å². The Balaban J connectivity index is 1.45. The van der Waals surface area contributed by atoms with Gasteiger partial charge in [0.1, 0.15) is 23.1 Å². The van der Waals surface area contributed by atoms with E-state index in [0.29, 0.717) is 36.1 Å². The van der Waals surface area contributed by atoms with E-state index >= 15 is 0 Å². The van der Waals surface area contributed by atoms with Crippen LogP contribution >= 0.6 is 11.3 Å². The largest absolute Gasteiger partial charge is 0.491 e. The molecule has 0 spiro atoms. The number of aromatic nitrogens is 3. The van der Waals surface area contributed by atoms with E-state index < -0.39 is 5.97 Å². The molecule has 168 valence electrons. The second kappa shape index (κ2) is 10.3. The highest BCUT2D eigenvalue weighted by molar-refractivity contribution is 7.17. The first-order valence-corrected chi connectivity index (χ1v) is 11.3. The monoisotopic (exact) mass is 461 g/mol. The van der Waals surface area contributed by atoms with Gasteiger partial charge in [-0.25, -0.2) is 4.79 Å². The molecule has 1 N–H and O–H groups in total. The summed E-state index contributed by atoms with van der Waals surface area (Å²) >= 11 is 1.42. The molecule has 0 amide bonds. The van der Waals surface area contributed by atoms with E-state index in [1.54, 1.807) is 13.0 Å². The van der Waals surface area contributed by atoms with Crippen LogP contribution < -0.4 is 4.74 Å². The second-order valence-corrected chi connectivity index (χ2v) is 8.23. The third-order valence-corrected chi connectivity index (χ3v) is 6.00. The Morgan fingerprint density at radius 1 is 0.939 bits per heavy atom. The molecule has 4 aromatic rings. The number of nitrogens with zero attached hydrogens (tertiary/aromatic N) is 3. The number of carboxylic acid groups (broad SMARTS) is 1. The number of aryl methyl sites for hydroxylation is 1. The Kier molecular flexibility index (Phi) is 7.07. The van der Waals surface area contributed by atoms with E-state index in [2.05, 4.69) is 15.2 Å². The lowest BCUT2D eigenvalue weighted by Gasteiger charge is -2.08. The number of rotatable bonds is 9. The van der Waals surface area contributed by atoms with E-state index in [0.717, 1.165) is 27.4 Å². The number of benzene rings is 2. The topological polar surface area (TPSA) is 94.4 Å². The molecule has 0 saturated heterocycles. The van der Waals surface area contributed by atoms with E-state index in [9.17, 15) is 9.90 Å². The Morgan fingerprint density at radius 2 is 1.58 bits per heavy atom. The third-order valence-electron chi connectivity index (χ3n) is 5.01. The fraction of sp³-hybridized carbons (Fsp3) is 0.200. The summed E-state index contributed by atoms with van der Waals surface area (Å²) in [6, 6.07) is 17.8. The SMILES string of the molecule is CCOCCOc1ccc(-c2ccc(-c3nnc(-c4cc(C)c(C(=O)O)cn4)s3)cc2)cc1. The maximum atomic E-state index is 11.2. The number of carboxylic acids is 1. The van der Waals surface area contributed by atoms with E-state index in [1.807, 2.05) is 55.5 Å². The number of pyridine rings is 1. The first-order chi connectivity index (χ1) is 16.0. The highest BCUT2D eigenvalue weighted by Crippen LogP contribution is 2.31. The molecule has 0 saturated carbocycles. The molecule has 0 radical (unpaired) electrons. The Labute approximate surface area is 195 Å². The van der Waals surface area contributed by atoms with Gasteiger partial charge in [-0.2, -0.15) is 0 Å². The first kappa shape index (κ1) is 22.6. The summed E-state index contributed by atoms with van der Waals surface area (Å²) in [6.07, 6.45) is 1.36. The van der Waals surface area contributed by atoms with Crippen LogP contribution in [-0.2, 0) is 4.74 Å². The Morgan fingerprint density at radius 3 is 2.21 bits per heavy atom. The maximum absolute atomic E-state index is 11.2. The van der Waals surface area contributed by atoms with E-state index in [-0.39, 0.29) is 5.56 Å². The van der Waals surface area contributed by atoms with Crippen LogP contribution in [0.2, 0.25) is 0 Å². The molecule has 2 heterocycles. The van der Waals surface area contributed by atoms with Crippen LogP contribution in [0.3, 0.4) is 0 Å². The van der Waals surface area contributed by atoms with Crippen molar-refractivity contribution < 1.29 is 19.4 Å². The minimum atomic E-state index is -0.992. The third kappa shape index (κ3) is 5.42. The number of hydrogen-bond acceptors (Lipinski definition) is 7. The fourth-order valence-electron chi connectivity index (χ4n) is 3.25. The van der Waals surface area contributed by atoms with Gasteiger partial charge in [0.15, 0.2) is 5.01 Å². The highest BCUT2D eigenvalue weighted by atomic mass is 32.1. The minimum absolute atomic E-state index is 0.184. The highest BCUT2D eigenvalue weighted by Gasteiger charge is 2.13. The molecule has 0 aliphatic carbocycles. The van der Waals surface area contributed by atoms with Gasteiger partial charge < -0.3 is 14.6 Å². The minimum Gasteiger partial charge on any atom is -0.491 e. The lowest BCUT2D eigenvalue weighted by atomic mass is 10.0. The van der Waals surface area contributed by atoms with Crippen LogP contribution in [0, 0.1) is 6.92 Å². The summed E-state index contributed by atoms with van der Waals surface area (Å²) in [7, 11) is 0. The first-order valence-electron chi connectivity index (χ1n) is 10.5. The lowest BCUT2D eigenvalue weighted by molar-refractivity contribution is 0.0695. The van der Waals surface area contributed by atoms with Gasteiger partial charge in [0, 0.05) is 18.4 Å². The number of hydrogen-bond donors (Lipinski definition) is 1. The Hall–Kier alpha value is -3.62. The molecular weight excluding hydrogens is 438 g/mol. The molecule has 8 heteroatoms. The summed E-state index contributed by atoms with van der Waals surface area (Å²) in [4.78, 5) is 15.4. The number of aromatic carboxylic acids is 1. The van der Waals surface area contributed by atoms with Crippen molar-refractivity contribution in [3.05, 3.63) is 71.9 Å². The predicted molar refractivity (Wildman–Crippen MR) is 128 cm³/mol. The van der Waals surface area contributed by atoms with Gasteiger partial charge >= 0.3 is 5.97 Å². The van der Waals surface area contributed by atoms with E-state index in [4.69, 9.17) is 9.47 Å². The van der Waals surface area contributed by atoms with E-state index in [1.165, 1.54) is 17.5 Å². The van der Waals surface area contributed by atoms with Crippen LogP contribution in [0.4, 0.5) is 0 Å². The van der Waals surface area contributed by atoms with Gasteiger partial charge in [0.05, 0.1) is 12.2 Å². The van der Waals surface area contributed by atoms with Crippen LogP contribution in [-0.4, -0.2) is 46.1 Å². The predicted octanol–water partition coefficient (Wildman–Crippen LogP) is 5.36. The van der Waals surface area contributed by atoms with Crippen molar-refractivity contribution >= 4 is 17.3 Å². The standard InChI is InChI=1S/C25H23N3O4S/c1-3-31-12-13-32-20-10-8-18(9-11-20)17-4-6-19(7-5-17)23-27-28-24(33-23)22-14-16(2)21(15-26-22)25(29)30/h4-11,14-15H,3,12-13H2,1-2H3,(H,29,30). The van der Waals surface area contributed by atoms with Gasteiger partial charge in [0.25, 0.3) is 0 Å². The average Bonchev–Trinajstić information content (AvgIpc) is 3.32. The summed E-state index contributed by atoms with van der Waals surface area (Å²) in [5, 5.41) is 19.1. The molecule has 0 unspecified atom stereocenters. The van der Waals surface area contributed by atoms with Crippen LogP contribution in [0.15, 0.2) is 60.8 Å². The van der Waals surface area contributed by atoms with Crippen molar-refractivity contribution in [2.24, 2.45) is 0 Å². The molecule has 4 rings (SSSR count).